The van der Waals surface area contributed by atoms with E-state index >= 15 is 0 Å². The van der Waals surface area contributed by atoms with Crippen LogP contribution in [0.15, 0.2) is 11.6 Å². The number of carbonyl (C=O) groups excluding carboxylic acids is 1. The van der Waals surface area contributed by atoms with E-state index < -0.39 is 11.6 Å². The second kappa shape index (κ2) is 8.66. The van der Waals surface area contributed by atoms with Gasteiger partial charge in [0.15, 0.2) is 0 Å². The fraction of sp³-hybridized carbons (Fsp3) is 0.870. The molecule has 29 heavy (non-hydrogen) atoms. The van der Waals surface area contributed by atoms with Crippen LogP contribution in [0.25, 0.3) is 0 Å². The van der Waals surface area contributed by atoms with Crippen molar-refractivity contribution in [3.63, 3.8) is 0 Å². The van der Waals surface area contributed by atoms with Crippen molar-refractivity contribution in [2.24, 2.45) is 5.92 Å². The summed E-state index contributed by atoms with van der Waals surface area (Å²) in [6.07, 6.45) is 13.3. The Morgan fingerprint density at radius 2 is 1.83 bits per heavy atom. The molecule has 2 spiro atoms. The normalized spacial score (nSPS) is 38.0. The maximum atomic E-state index is 12.9. The van der Waals surface area contributed by atoms with Gasteiger partial charge in [0, 0.05) is 38.0 Å². The van der Waals surface area contributed by atoms with Crippen molar-refractivity contribution in [1.82, 2.24) is 4.90 Å². The van der Waals surface area contributed by atoms with Gasteiger partial charge in [-0.2, -0.15) is 9.78 Å². The van der Waals surface area contributed by atoms with Gasteiger partial charge in [-0.1, -0.05) is 38.7 Å². The molecule has 0 aromatic rings. The first-order valence-corrected chi connectivity index (χ1v) is 11.6. The fourth-order valence-corrected chi connectivity index (χ4v) is 5.74. The smallest absolute Gasteiger partial charge is 0.249 e. The van der Waals surface area contributed by atoms with Crippen LogP contribution in [0.3, 0.4) is 0 Å². The summed E-state index contributed by atoms with van der Waals surface area (Å²) in [5.74, 6) is -1.02. The molecular formula is C23H37NO5. The largest absolute Gasteiger partial charge is 0.375 e. The van der Waals surface area contributed by atoms with E-state index in [2.05, 4.69) is 24.8 Å². The predicted molar refractivity (Wildman–Crippen MR) is 109 cm³/mol. The van der Waals surface area contributed by atoms with Gasteiger partial charge in [0.1, 0.15) is 6.61 Å². The molecule has 1 aliphatic heterocycles. The first-order valence-electron chi connectivity index (χ1n) is 11.6. The lowest BCUT2D eigenvalue weighted by atomic mass is 9.85. The van der Waals surface area contributed by atoms with Crippen LogP contribution in [0.4, 0.5) is 0 Å². The average molecular weight is 408 g/mol. The van der Waals surface area contributed by atoms with Crippen molar-refractivity contribution in [1.29, 1.82) is 0 Å². The molecule has 2 unspecified atom stereocenters. The van der Waals surface area contributed by atoms with Gasteiger partial charge in [0.2, 0.25) is 17.5 Å². The second-order valence-electron chi connectivity index (χ2n) is 9.42. The summed E-state index contributed by atoms with van der Waals surface area (Å²) in [7, 11) is 1.60. The lowest BCUT2D eigenvalue weighted by Gasteiger charge is -2.44. The second-order valence-corrected chi connectivity index (χ2v) is 9.42. The Bertz CT molecular complexity index is 621. The van der Waals surface area contributed by atoms with Gasteiger partial charge < -0.3 is 14.4 Å². The van der Waals surface area contributed by atoms with E-state index in [4.69, 9.17) is 19.2 Å². The first kappa shape index (κ1) is 21.3. The predicted octanol–water partition coefficient (Wildman–Crippen LogP) is 4.48. The number of nitrogens with zero attached hydrogens (tertiary/aromatic N) is 1. The monoisotopic (exact) mass is 407 g/mol. The van der Waals surface area contributed by atoms with Crippen LogP contribution in [0.1, 0.15) is 84.5 Å². The van der Waals surface area contributed by atoms with Gasteiger partial charge in [-0.05, 0) is 44.6 Å². The van der Waals surface area contributed by atoms with E-state index in [0.29, 0.717) is 6.04 Å². The minimum Gasteiger partial charge on any atom is -0.375 e. The van der Waals surface area contributed by atoms with E-state index in [9.17, 15) is 4.79 Å². The number of hydrogen-bond donors (Lipinski definition) is 0. The van der Waals surface area contributed by atoms with E-state index in [1.54, 1.807) is 7.11 Å². The summed E-state index contributed by atoms with van der Waals surface area (Å²) in [5, 5.41) is 0. The van der Waals surface area contributed by atoms with Crippen molar-refractivity contribution < 1.29 is 24.0 Å². The maximum absolute atomic E-state index is 12.9. The van der Waals surface area contributed by atoms with Gasteiger partial charge in [0.05, 0.1) is 0 Å². The summed E-state index contributed by atoms with van der Waals surface area (Å²) in [5.41, 5.74) is 1.38. The Morgan fingerprint density at radius 3 is 2.45 bits per heavy atom. The lowest BCUT2D eigenvalue weighted by molar-refractivity contribution is -0.352. The minimum atomic E-state index is -0.729. The molecule has 1 amide bonds. The standard InChI is InChI=1S/C23H37NO5/c1-4-18-14-17(2)23(15-18)27-22(28-29-23)12-10-20(11-13-22)24(21(25)16-26-3)19-8-6-5-7-9-19/h15,17,19-20H,4-14,16H2,1-3H3. The number of carbonyl (C=O) groups is 1. The maximum Gasteiger partial charge on any atom is 0.249 e. The number of ether oxygens (including phenoxy) is 2. The molecule has 2 atom stereocenters. The van der Waals surface area contributed by atoms with Gasteiger partial charge >= 0.3 is 0 Å². The van der Waals surface area contributed by atoms with Crippen LogP contribution in [0.2, 0.25) is 0 Å². The molecule has 1 heterocycles. The molecule has 0 radical (unpaired) electrons. The molecule has 1 saturated heterocycles. The fourth-order valence-electron chi connectivity index (χ4n) is 5.74. The van der Waals surface area contributed by atoms with Gasteiger partial charge in [-0.25, -0.2) is 0 Å². The van der Waals surface area contributed by atoms with E-state index in [0.717, 1.165) is 51.4 Å². The van der Waals surface area contributed by atoms with E-state index in [1.165, 1.54) is 24.8 Å². The third-order valence-electron chi connectivity index (χ3n) is 7.42. The SMILES string of the molecule is CCC1=CC2(OOC3(CCC(N(C(=O)COC)C4CCCCC4)CC3)O2)C(C)C1. The molecule has 0 aromatic carbocycles. The lowest BCUT2D eigenvalue weighted by Crippen LogP contribution is -2.52. The summed E-state index contributed by atoms with van der Waals surface area (Å²) in [6.45, 7) is 4.51. The number of amides is 1. The average Bonchev–Trinajstić information content (AvgIpc) is 3.25. The zero-order chi connectivity index (χ0) is 20.5. The quantitative estimate of drug-likeness (QED) is 0.497. The van der Waals surface area contributed by atoms with Crippen LogP contribution in [0.5, 0.6) is 0 Å². The zero-order valence-corrected chi connectivity index (χ0v) is 18.3. The molecule has 0 bridgehead atoms. The van der Waals surface area contributed by atoms with Crippen molar-refractivity contribution in [3.05, 3.63) is 11.6 Å². The summed E-state index contributed by atoms with van der Waals surface area (Å²) >= 11 is 0. The van der Waals surface area contributed by atoms with Crippen molar-refractivity contribution in [3.8, 4) is 0 Å². The number of methoxy groups -OCH3 is 1. The Kier molecular flexibility index (Phi) is 6.35. The van der Waals surface area contributed by atoms with Crippen LogP contribution < -0.4 is 0 Å². The third-order valence-corrected chi connectivity index (χ3v) is 7.42. The summed E-state index contributed by atoms with van der Waals surface area (Å²) in [4.78, 5) is 26.7. The molecule has 164 valence electrons. The molecular weight excluding hydrogens is 370 g/mol. The van der Waals surface area contributed by atoms with Crippen LogP contribution in [-0.4, -0.2) is 48.2 Å². The van der Waals surface area contributed by atoms with Crippen LogP contribution in [-0.2, 0) is 24.0 Å². The highest BCUT2D eigenvalue weighted by molar-refractivity contribution is 5.78. The van der Waals surface area contributed by atoms with Crippen LogP contribution in [0, 0.1) is 5.92 Å². The van der Waals surface area contributed by atoms with Crippen LogP contribution >= 0.6 is 0 Å². The molecule has 0 aromatic heterocycles. The van der Waals surface area contributed by atoms with Crippen molar-refractivity contribution in [2.75, 3.05) is 13.7 Å². The number of allylic oxidation sites excluding steroid dienone is 1. The zero-order valence-electron chi connectivity index (χ0n) is 18.3. The minimum absolute atomic E-state index is 0.126. The van der Waals surface area contributed by atoms with Gasteiger partial charge in [-0.15, -0.1) is 0 Å². The topological polar surface area (TPSA) is 57.2 Å². The van der Waals surface area contributed by atoms with E-state index in [1.807, 2.05) is 0 Å². The van der Waals surface area contributed by atoms with Gasteiger partial charge in [-0.3, -0.25) is 4.79 Å². The Morgan fingerprint density at radius 1 is 1.14 bits per heavy atom. The first-order chi connectivity index (χ1) is 14.0. The number of rotatable bonds is 5. The molecule has 4 aliphatic rings. The highest BCUT2D eigenvalue weighted by Crippen LogP contribution is 2.51. The van der Waals surface area contributed by atoms with Crippen molar-refractivity contribution >= 4 is 5.91 Å². The highest BCUT2D eigenvalue weighted by Gasteiger charge is 2.57. The molecule has 3 aliphatic carbocycles. The number of hydrogen-bond acceptors (Lipinski definition) is 5. The highest BCUT2D eigenvalue weighted by atomic mass is 17.3. The molecule has 6 heteroatoms. The molecule has 4 rings (SSSR count). The molecule has 6 nitrogen and oxygen atoms in total. The summed E-state index contributed by atoms with van der Waals surface area (Å²) < 4.78 is 11.7. The molecule has 3 fully saturated rings. The van der Waals surface area contributed by atoms with Crippen molar-refractivity contribution in [2.45, 2.75) is 108 Å². The Hall–Kier alpha value is -0.950. The van der Waals surface area contributed by atoms with Gasteiger partial charge in [0.25, 0.3) is 0 Å². The Labute approximate surface area is 174 Å². The third kappa shape index (κ3) is 4.14. The van der Waals surface area contributed by atoms with E-state index in [-0.39, 0.29) is 24.5 Å². The summed E-state index contributed by atoms with van der Waals surface area (Å²) in [6, 6.07) is 0.584. The molecule has 2 saturated carbocycles. The Balaban J connectivity index is 1.42. The molecule has 0 N–H and O–H groups in total.